The van der Waals surface area contributed by atoms with Gasteiger partial charge in [-0.1, -0.05) is 42.0 Å². The van der Waals surface area contributed by atoms with E-state index in [1.54, 1.807) is 48.6 Å². The molecule has 27 heavy (non-hydrogen) atoms. The lowest BCUT2D eigenvalue weighted by atomic mass is 10.00. The fraction of sp³-hybridized carbons (Fsp3) is 0.200. The summed E-state index contributed by atoms with van der Waals surface area (Å²) >= 11 is 5.93. The Bertz CT molecular complexity index is 850. The molecule has 0 saturated carbocycles. The molecular weight excluding hydrogens is 370 g/mol. The van der Waals surface area contributed by atoms with Crippen LogP contribution in [0.1, 0.15) is 37.9 Å². The molecule has 0 aliphatic heterocycles. The number of esters is 1. The van der Waals surface area contributed by atoms with E-state index < -0.39 is 18.0 Å². The first-order chi connectivity index (χ1) is 13.0. The van der Waals surface area contributed by atoms with Crippen molar-refractivity contribution in [2.45, 2.75) is 12.5 Å². The minimum atomic E-state index is -0.825. The monoisotopic (exact) mass is 389 g/mol. The van der Waals surface area contributed by atoms with Crippen LogP contribution in [0.4, 0.5) is 0 Å². The van der Waals surface area contributed by atoms with Gasteiger partial charge in [0.25, 0.3) is 5.91 Å². The van der Waals surface area contributed by atoms with Gasteiger partial charge in [-0.25, -0.2) is 10.3 Å². The van der Waals surface area contributed by atoms with Crippen molar-refractivity contribution < 1.29 is 24.3 Å². The Kier molecular flexibility index (Phi) is 7.55. The molecule has 2 N–H and O–H groups in total. The van der Waals surface area contributed by atoms with E-state index in [1.807, 2.05) is 0 Å². The molecule has 1 amide bonds. The van der Waals surface area contributed by atoms with Gasteiger partial charge in [0.05, 0.1) is 25.9 Å². The molecule has 0 aliphatic carbocycles. The molecule has 6 nitrogen and oxygen atoms in total. The molecule has 0 heterocycles. The zero-order valence-corrected chi connectivity index (χ0v) is 15.7. The van der Waals surface area contributed by atoms with Crippen LogP contribution in [0.15, 0.2) is 54.6 Å². The molecule has 0 spiro atoms. The van der Waals surface area contributed by atoms with Crippen LogP contribution in [0, 0.1) is 0 Å². The number of aliphatic hydroxyl groups excluding tert-OH is 1. The molecular formula is C20H20ClNO5. The summed E-state index contributed by atoms with van der Waals surface area (Å²) in [5.74, 6) is -1.03. The van der Waals surface area contributed by atoms with E-state index >= 15 is 0 Å². The summed E-state index contributed by atoms with van der Waals surface area (Å²) in [6.45, 7) is 0. The van der Waals surface area contributed by atoms with Gasteiger partial charge in [-0.05, 0) is 41.8 Å². The number of ether oxygens (including phenoxy) is 1. The fourth-order valence-corrected chi connectivity index (χ4v) is 2.68. The maximum absolute atomic E-state index is 12.2. The standard InChI is InChI=1S/C20H20ClNO5/c1-26-20(25)15-10-9-13(17(12-15)19(24)22-27-2)5-4-8-18(23)14-6-3-7-16(21)11-14/h3-4,6-12,18,23H,5H2,1-2H3,(H,22,24)/b8-4-. The Morgan fingerprint density at radius 1 is 1.22 bits per heavy atom. The van der Waals surface area contributed by atoms with E-state index in [-0.39, 0.29) is 11.1 Å². The van der Waals surface area contributed by atoms with Crippen molar-refractivity contribution in [1.82, 2.24) is 5.48 Å². The number of amides is 1. The van der Waals surface area contributed by atoms with Gasteiger partial charge in [0.1, 0.15) is 0 Å². The highest BCUT2D eigenvalue weighted by molar-refractivity contribution is 6.30. The SMILES string of the molecule is CONC(=O)c1cc(C(=O)OC)ccc1C/C=C\C(O)c1cccc(Cl)c1. The number of hydroxylamine groups is 1. The predicted octanol–water partition coefficient (Wildman–Crippen LogP) is 3.25. The summed E-state index contributed by atoms with van der Waals surface area (Å²) in [5, 5.41) is 10.8. The van der Waals surface area contributed by atoms with Gasteiger partial charge >= 0.3 is 5.97 Å². The molecule has 0 aliphatic rings. The number of halogens is 1. The minimum absolute atomic E-state index is 0.255. The Labute approximate surface area is 162 Å². The third kappa shape index (κ3) is 5.65. The van der Waals surface area contributed by atoms with Gasteiger partial charge in [0.15, 0.2) is 0 Å². The molecule has 2 aromatic rings. The van der Waals surface area contributed by atoms with Crippen LogP contribution in [0.3, 0.4) is 0 Å². The highest BCUT2D eigenvalue weighted by Gasteiger charge is 2.15. The van der Waals surface area contributed by atoms with Crippen LogP contribution in [0.25, 0.3) is 0 Å². The molecule has 7 heteroatoms. The van der Waals surface area contributed by atoms with E-state index in [4.69, 9.17) is 11.6 Å². The molecule has 142 valence electrons. The summed E-state index contributed by atoms with van der Waals surface area (Å²) < 4.78 is 4.68. The largest absolute Gasteiger partial charge is 0.465 e. The van der Waals surface area contributed by atoms with Gasteiger partial charge in [0.2, 0.25) is 0 Å². The lowest BCUT2D eigenvalue weighted by molar-refractivity contribution is 0.0536. The summed E-state index contributed by atoms with van der Waals surface area (Å²) in [7, 11) is 2.59. The van der Waals surface area contributed by atoms with Gasteiger partial charge < -0.3 is 9.84 Å². The molecule has 0 saturated heterocycles. The van der Waals surface area contributed by atoms with Crippen LogP contribution >= 0.6 is 11.6 Å². The van der Waals surface area contributed by atoms with Gasteiger partial charge in [-0.2, -0.15) is 0 Å². The van der Waals surface area contributed by atoms with Gasteiger partial charge in [0, 0.05) is 10.6 Å². The predicted molar refractivity (Wildman–Crippen MR) is 102 cm³/mol. The third-order valence-corrected chi connectivity index (χ3v) is 4.05. The lowest BCUT2D eigenvalue weighted by Gasteiger charge is -2.10. The zero-order valence-electron chi connectivity index (χ0n) is 14.9. The molecule has 2 rings (SSSR count). The zero-order chi connectivity index (χ0) is 19.8. The van der Waals surface area contributed by atoms with Crippen molar-refractivity contribution in [1.29, 1.82) is 0 Å². The first kappa shape index (κ1) is 20.6. The molecule has 2 aromatic carbocycles. The van der Waals surface area contributed by atoms with E-state index in [0.717, 1.165) is 0 Å². The van der Waals surface area contributed by atoms with Crippen LogP contribution in [0.2, 0.25) is 5.02 Å². The lowest BCUT2D eigenvalue weighted by Crippen LogP contribution is -2.23. The second kappa shape index (κ2) is 9.87. The number of rotatable bonds is 7. The summed E-state index contributed by atoms with van der Waals surface area (Å²) in [6, 6.07) is 11.6. The number of allylic oxidation sites excluding steroid dienone is 1. The van der Waals surface area contributed by atoms with E-state index in [2.05, 4.69) is 15.1 Å². The highest BCUT2D eigenvalue weighted by atomic mass is 35.5. The number of aliphatic hydroxyl groups is 1. The average molecular weight is 390 g/mol. The Morgan fingerprint density at radius 3 is 2.67 bits per heavy atom. The smallest absolute Gasteiger partial charge is 0.337 e. The van der Waals surface area contributed by atoms with Crippen LogP contribution in [-0.4, -0.2) is 31.2 Å². The molecule has 0 radical (unpaired) electrons. The van der Waals surface area contributed by atoms with Crippen molar-refractivity contribution in [3.05, 3.63) is 81.9 Å². The van der Waals surface area contributed by atoms with Crippen LogP contribution < -0.4 is 5.48 Å². The number of carbonyl (C=O) groups is 2. The van der Waals surface area contributed by atoms with Crippen molar-refractivity contribution in [2.75, 3.05) is 14.2 Å². The maximum Gasteiger partial charge on any atom is 0.337 e. The highest BCUT2D eigenvalue weighted by Crippen LogP contribution is 2.20. The topological polar surface area (TPSA) is 84.9 Å². The van der Waals surface area contributed by atoms with E-state index in [9.17, 15) is 14.7 Å². The normalized spacial score (nSPS) is 12.0. The number of nitrogens with one attached hydrogen (secondary N) is 1. The van der Waals surface area contributed by atoms with Crippen molar-refractivity contribution in [3.8, 4) is 0 Å². The van der Waals surface area contributed by atoms with Crippen molar-refractivity contribution in [3.63, 3.8) is 0 Å². The number of benzene rings is 2. The maximum atomic E-state index is 12.2. The quantitative estimate of drug-likeness (QED) is 0.431. The first-order valence-electron chi connectivity index (χ1n) is 8.11. The third-order valence-electron chi connectivity index (χ3n) is 3.82. The minimum Gasteiger partial charge on any atom is -0.465 e. The summed E-state index contributed by atoms with van der Waals surface area (Å²) in [4.78, 5) is 28.6. The molecule has 0 aromatic heterocycles. The number of hydrogen-bond donors (Lipinski definition) is 2. The second-order valence-electron chi connectivity index (χ2n) is 5.63. The summed E-state index contributed by atoms with van der Waals surface area (Å²) in [6.07, 6.45) is 2.89. The summed E-state index contributed by atoms with van der Waals surface area (Å²) in [5.41, 5.74) is 4.10. The van der Waals surface area contributed by atoms with Gasteiger partial charge in [-0.3, -0.25) is 9.63 Å². The van der Waals surface area contributed by atoms with Crippen LogP contribution in [-0.2, 0) is 16.0 Å². The Hall–Kier alpha value is -2.67. The van der Waals surface area contributed by atoms with E-state index in [0.29, 0.717) is 22.6 Å². The van der Waals surface area contributed by atoms with Crippen molar-refractivity contribution in [2.24, 2.45) is 0 Å². The molecule has 1 unspecified atom stereocenters. The first-order valence-corrected chi connectivity index (χ1v) is 8.48. The average Bonchev–Trinajstić information content (AvgIpc) is 2.67. The molecule has 0 fully saturated rings. The van der Waals surface area contributed by atoms with E-state index in [1.165, 1.54) is 20.3 Å². The van der Waals surface area contributed by atoms with Crippen LogP contribution in [0.5, 0.6) is 0 Å². The number of hydrogen-bond acceptors (Lipinski definition) is 5. The Balaban J connectivity index is 2.21. The molecule has 0 bridgehead atoms. The Morgan fingerprint density at radius 2 is 2.00 bits per heavy atom. The second-order valence-corrected chi connectivity index (χ2v) is 6.07. The van der Waals surface area contributed by atoms with Gasteiger partial charge in [-0.15, -0.1) is 0 Å². The van der Waals surface area contributed by atoms with Crippen molar-refractivity contribution >= 4 is 23.5 Å². The molecule has 1 atom stereocenters. The number of methoxy groups -OCH3 is 1. The fourth-order valence-electron chi connectivity index (χ4n) is 2.48. The number of carbonyl (C=O) groups excluding carboxylic acids is 2.